The Morgan fingerprint density at radius 3 is 2.40 bits per heavy atom. The van der Waals surface area contributed by atoms with Crippen molar-refractivity contribution in [3.8, 4) is 0 Å². The highest BCUT2D eigenvalue weighted by Crippen LogP contribution is 2.75. The number of hydrogen-bond donors (Lipinski definition) is 4. The molecule has 8 atom stereocenters. The van der Waals surface area contributed by atoms with E-state index in [2.05, 4.69) is 12.1 Å². The van der Waals surface area contributed by atoms with Gasteiger partial charge in [0.15, 0.2) is 5.76 Å². The standard InChI is InChI=1S/C35H51NO9/c1-7-10-11-12-13-14-25(37)44-34-16-15-33-18-20(4)28(38)35(33,42)29(39)21(17-22(30(33)40)27(34)32(34,5)6)19-43-31(41)26-23(8-2)36-45-24(26)9-3/h17-18,22,27-30,38-40,42H,7-16,19H2,1-6H3/t22-,27+,28-,29+,30?,33?,34-,35+/m0/s1. The molecule has 0 aliphatic heterocycles. The second-order valence-corrected chi connectivity index (χ2v) is 14.3. The highest BCUT2D eigenvalue weighted by atomic mass is 16.6. The minimum absolute atomic E-state index is 0.173. The van der Waals surface area contributed by atoms with Crippen LogP contribution >= 0.6 is 0 Å². The zero-order valence-corrected chi connectivity index (χ0v) is 27.6. The van der Waals surface area contributed by atoms with E-state index < -0.39 is 52.2 Å². The molecule has 1 aromatic rings. The fourth-order valence-corrected chi connectivity index (χ4v) is 9.00. The SMILES string of the molecule is CCCCCCCC(=O)O[C@@]12CCC34C=C(C)[C@H](O)[C@@]3(O)[C@H](O)C(COC(=O)c3c(CC)noc3CC)=C[C@H](C4O)[C@@H]1C2(C)C. The Morgan fingerprint density at radius 1 is 1.02 bits per heavy atom. The molecule has 4 aliphatic carbocycles. The van der Waals surface area contributed by atoms with Crippen molar-refractivity contribution in [2.24, 2.45) is 22.7 Å². The van der Waals surface area contributed by atoms with Crippen molar-refractivity contribution in [3.63, 3.8) is 0 Å². The van der Waals surface area contributed by atoms with Crippen molar-refractivity contribution in [2.45, 2.75) is 135 Å². The normalized spacial score (nSPS) is 36.2. The Bertz CT molecular complexity index is 1340. The van der Waals surface area contributed by atoms with E-state index in [0.29, 0.717) is 42.7 Å². The fraction of sp³-hybridized carbons (Fsp3) is 0.743. The van der Waals surface area contributed by atoms with E-state index in [1.165, 1.54) is 0 Å². The molecular weight excluding hydrogens is 578 g/mol. The monoisotopic (exact) mass is 629 g/mol. The summed E-state index contributed by atoms with van der Waals surface area (Å²) in [6, 6.07) is 0. The molecule has 2 unspecified atom stereocenters. The highest BCUT2D eigenvalue weighted by molar-refractivity contribution is 5.91. The second kappa shape index (κ2) is 12.2. The number of nitrogens with zero attached hydrogens (tertiary/aromatic N) is 1. The molecule has 0 aromatic carbocycles. The minimum atomic E-state index is -2.20. The molecule has 0 radical (unpaired) electrons. The lowest BCUT2D eigenvalue weighted by Gasteiger charge is -2.48. The van der Waals surface area contributed by atoms with Crippen LogP contribution in [-0.4, -0.2) is 73.6 Å². The quantitative estimate of drug-likeness (QED) is 0.149. The summed E-state index contributed by atoms with van der Waals surface area (Å²) in [5.41, 5.74) is -3.70. The number of unbranched alkanes of at least 4 members (excludes halogenated alkanes) is 4. The van der Waals surface area contributed by atoms with Crippen molar-refractivity contribution < 1.29 is 44.0 Å². The van der Waals surface area contributed by atoms with Gasteiger partial charge in [-0.2, -0.15) is 0 Å². The van der Waals surface area contributed by atoms with Crippen molar-refractivity contribution in [2.75, 3.05) is 6.61 Å². The van der Waals surface area contributed by atoms with Crippen LogP contribution in [0.15, 0.2) is 27.8 Å². The summed E-state index contributed by atoms with van der Waals surface area (Å²) in [4.78, 5) is 26.5. The third kappa shape index (κ3) is 5.02. The third-order valence-electron chi connectivity index (χ3n) is 11.6. The van der Waals surface area contributed by atoms with E-state index in [4.69, 9.17) is 14.0 Å². The maximum atomic E-state index is 13.3. The van der Waals surface area contributed by atoms with Gasteiger partial charge in [0, 0.05) is 35.5 Å². The van der Waals surface area contributed by atoms with Crippen molar-refractivity contribution in [1.82, 2.24) is 5.16 Å². The molecule has 250 valence electrons. The summed E-state index contributed by atoms with van der Waals surface area (Å²) >= 11 is 0. The zero-order chi connectivity index (χ0) is 32.9. The topological polar surface area (TPSA) is 160 Å². The van der Waals surface area contributed by atoms with Gasteiger partial charge in [0.05, 0.1) is 11.8 Å². The first-order valence-corrected chi connectivity index (χ1v) is 16.8. The largest absolute Gasteiger partial charge is 0.458 e. The molecule has 1 aromatic heterocycles. The van der Waals surface area contributed by atoms with Gasteiger partial charge < -0.3 is 34.4 Å². The lowest BCUT2D eigenvalue weighted by molar-refractivity contribution is -0.202. The van der Waals surface area contributed by atoms with Crippen molar-refractivity contribution in [1.29, 1.82) is 0 Å². The van der Waals surface area contributed by atoms with E-state index in [1.807, 2.05) is 27.7 Å². The molecule has 2 saturated carbocycles. The van der Waals surface area contributed by atoms with Gasteiger partial charge in [-0.1, -0.05) is 77.6 Å². The van der Waals surface area contributed by atoms with Crippen molar-refractivity contribution in [3.05, 3.63) is 40.3 Å². The third-order valence-corrected chi connectivity index (χ3v) is 11.6. The van der Waals surface area contributed by atoms with Crippen LogP contribution in [0.1, 0.15) is 115 Å². The van der Waals surface area contributed by atoms with Crippen LogP contribution in [0, 0.1) is 22.7 Å². The maximum absolute atomic E-state index is 13.3. The van der Waals surface area contributed by atoms with Crippen LogP contribution in [0.25, 0.3) is 0 Å². The summed E-state index contributed by atoms with van der Waals surface area (Å²) in [5, 5.41) is 51.7. The van der Waals surface area contributed by atoms with Crippen LogP contribution < -0.4 is 0 Å². The molecule has 5 rings (SSSR count). The molecule has 0 saturated heterocycles. The minimum Gasteiger partial charge on any atom is -0.458 e. The number of hydrogen-bond acceptors (Lipinski definition) is 10. The molecule has 4 aliphatic rings. The number of aliphatic hydroxyl groups is 4. The number of aliphatic hydroxyl groups excluding tert-OH is 3. The molecule has 10 nitrogen and oxygen atoms in total. The summed E-state index contributed by atoms with van der Waals surface area (Å²) in [6.07, 6.45) is 5.82. The second-order valence-electron chi connectivity index (χ2n) is 14.3. The molecule has 1 heterocycles. The molecule has 4 N–H and O–H groups in total. The Balaban J connectivity index is 1.48. The fourth-order valence-electron chi connectivity index (χ4n) is 9.00. The predicted octanol–water partition coefficient (Wildman–Crippen LogP) is 4.36. The Kier molecular flexibility index (Phi) is 9.21. The predicted molar refractivity (Wildman–Crippen MR) is 165 cm³/mol. The van der Waals surface area contributed by atoms with E-state index in [1.54, 1.807) is 19.1 Å². The summed E-state index contributed by atoms with van der Waals surface area (Å²) in [6.45, 7) is 11.2. The molecule has 1 spiro atoms. The number of fused-ring (bicyclic) bond motifs is 3. The number of rotatable bonds is 12. The van der Waals surface area contributed by atoms with E-state index in [-0.39, 0.29) is 36.1 Å². The number of esters is 2. The molecule has 45 heavy (non-hydrogen) atoms. The zero-order valence-electron chi connectivity index (χ0n) is 27.6. The first-order valence-electron chi connectivity index (χ1n) is 16.8. The van der Waals surface area contributed by atoms with Gasteiger partial charge in [0.1, 0.15) is 35.6 Å². The average Bonchev–Trinajstić information content (AvgIpc) is 3.24. The molecular formula is C35H51NO9. The van der Waals surface area contributed by atoms with Crippen LogP contribution in [0.3, 0.4) is 0 Å². The van der Waals surface area contributed by atoms with E-state index >= 15 is 0 Å². The van der Waals surface area contributed by atoms with Gasteiger partial charge in [-0.15, -0.1) is 0 Å². The van der Waals surface area contributed by atoms with Gasteiger partial charge in [0.25, 0.3) is 0 Å². The number of aryl methyl sites for hydroxylation is 2. The van der Waals surface area contributed by atoms with Gasteiger partial charge in [-0.05, 0) is 43.8 Å². The summed E-state index contributed by atoms with van der Waals surface area (Å²) in [7, 11) is 0. The molecule has 10 heteroatoms. The van der Waals surface area contributed by atoms with Gasteiger partial charge in [-0.3, -0.25) is 4.79 Å². The first kappa shape index (κ1) is 33.8. The van der Waals surface area contributed by atoms with E-state index in [0.717, 1.165) is 32.1 Å². The Labute approximate surface area is 265 Å². The van der Waals surface area contributed by atoms with Crippen molar-refractivity contribution >= 4 is 11.9 Å². The number of carbonyl (C=O) groups is 2. The van der Waals surface area contributed by atoms with E-state index in [9.17, 15) is 30.0 Å². The van der Waals surface area contributed by atoms with Crippen LogP contribution in [0.5, 0.6) is 0 Å². The Morgan fingerprint density at radius 2 is 1.73 bits per heavy atom. The van der Waals surface area contributed by atoms with Gasteiger partial charge in [-0.25, -0.2) is 4.79 Å². The lowest BCUT2D eigenvalue weighted by atomic mass is 9.62. The van der Waals surface area contributed by atoms with Crippen LogP contribution in [-0.2, 0) is 27.1 Å². The number of carbonyl (C=O) groups excluding carboxylic acids is 2. The smallest absolute Gasteiger partial charge is 0.344 e. The lowest BCUT2D eigenvalue weighted by Crippen LogP contribution is -2.64. The maximum Gasteiger partial charge on any atom is 0.344 e. The number of aromatic nitrogens is 1. The van der Waals surface area contributed by atoms with Crippen LogP contribution in [0.4, 0.5) is 0 Å². The Hall–Kier alpha value is -2.53. The number of ether oxygens (including phenoxy) is 2. The van der Waals surface area contributed by atoms with Gasteiger partial charge in [0.2, 0.25) is 0 Å². The average molecular weight is 630 g/mol. The molecule has 0 amide bonds. The van der Waals surface area contributed by atoms with Gasteiger partial charge >= 0.3 is 11.9 Å². The molecule has 2 fully saturated rings. The summed E-state index contributed by atoms with van der Waals surface area (Å²) < 4.78 is 17.4. The van der Waals surface area contributed by atoms with Crippen LogP contribution in [0.2, 0.25) is 0 Å². The highest BCUT2D eigenvalue weighted by Gasteiger charge is 2.81. The summed E-state index contributed by atoms with van der Waals surface area (Å²) in [5.74, 6) is -1.54. The first-order chi connectivity index (χ1) is 21.3. The molecule has 2 bridgehead atoms.